The van der Waals surface area contributed by atoms with Crippen molar-refractivity contribution in [2.45, 2.75) is 4.90 Å². The highest BCUT2D eigenvalue weighted by Crippen LogP contribution is 2.39. The van der Waals surface area contributed by atoms with Crippen LogP contribution in [0.15, 0.2) is 41.3 Å². The number of sulfonamides is 1. The third-order valence-electron chi connectivity index (χ3n) is 3.20. The van der Waals surface area contributed by atoms with Gasteiger partial charge in [0.05, 0.1) is 22.3 Å². The summed E-state index contributed by atoms with van der Waals surface area (Å²) in [6, 6.07) is 9.60. The molecule has 0 aromatic heterocycles. The SMILES string of the molecule is O=S(=O)(c1c(Cl)cc(Cl)cc1Cl)N1CCOc2ccccc21. The number of halogens is 3. The second-order valence-electron chi connectivity index (χ2n) is 4.59. The van der Waals surface area contributed by atoms with Crippen LogP contribution in [-0.2, 0) is 10.0 Å². The van der Waals surface area contributed by atoms with Crippen molar-refractivity contribution in [1.82, 2.24) is 0 Å². The molecule has 0 saturated heterocycles. The Bertz CT molecular complexity index is 816. The molecule has 2 aromatic rings. The van der Waals surface area contributed by atoms with Crippen LogP contribution in [0.5, 0.6) is 5.75 Å². The molecule has 0 fully saturated rings. The maximum atomic E-state index is 13.0. The Kier molecular flexibility index (Phi) is 4.16. The fourth-order valence-electron chi connectivity index (χ4n) is 2.28. The normalized spacial score (nSPS) is 14.4. The summed E-state index contributed by atoms with van der Waals surface area (Å²) in [5.74, 6) is 0.499. The molecule has 0 spiro atoms. The second kappa shape index (κ2) is 5.81. The molecule has 1 aliphatic rings. The number of benzene rings is 2. The van der Waals surface area contributed by atoms with Gasteiger partial charge in [-0.25, -0.2) is 8.42 Å². The molecule has 2 aromatic carbocycles. The van der Waals surface area contributed by atoms with Crippen LogP contribution in [0, 0.1) is 0 Å². The maximum Gasteiger partial charge on any atom is 0.267 e. The van der Waals surface area contributed by atoms with Crippen molar-refractivity contribution in [1.29, 1.82) is 0 Å². The van der Waals surface area contributed by atoms with Crippen LogP contribution >= 0.6 is 34.8 Å². The molecule has 1 heterocycles. The van der Waals surface area contributed by atoms with Gasteiger partial charge in [0, 0.05) is 5.02 Å². The fraction of sp³-hybridized carbons (Fsp3) is 0.143. The Hall–Kier alpha value is -1.14. The Balaban J connectivity index is 2.17. The topological polar surface area (TPSA) is 46.6 Å². The van der Waals surface area contributed by atoms with Gasteiger partial charge in [-0.2, -0.15) is 0 Å². The van der Waals surface area contributed by atoms with E-state index in [1.54, 1.807) is 24.3 Å². The summed E-state index contributed by atoms with van der Waals surface area (Å²) in [7, 11) is -3.92. The summed E-state index contributed by atoms with van der Waals surface area (Å²) in [6.45, 7) is 0.424. The van der Waals surface area contributed by atoms with E-state index in [-0.39, 0.29) is 33.1 Å². The highest BCUT2D eigenvalue weighted by Gasteiger charge is 2.33. The van der Waals surface area contributed by atoms with E-state index in [2.05, 4.69) is 0 Å². The maximum absolute atomic E-state index is 13.0. The number of para-hydroxylation sites is 2. The standard InChI is InChI=1S/C14H10Cl3NO3S/c15-9-7-10(16)14(11(17)8-9)22(19,20)18-5-6-21-13-4-2-1-3-12(13)18/h1-4,7-8H,5-6H2. The molecule has 8 heteroatoms. The average Bonchev–Trinajstić information content (AvgIpc) is 2.45. The first-order valence-electron chi connectivity index (χ1n) is 6.30. The molecule has 0 bridgehead atoms. The highest BCUT2D eigenvalue weighted by molar-refractivity contribution is 7.93. The van der Waals surface area contributed by atoms with Crippen LogP contribution in [0.25, 0.3) is 0 Å². The first-order valence-corrected chi connectivity index (χ1v) is 8.88. The number of rotatable bonds is 2. The van der Waals surface area contributed by atoms with Gasteiger partial charge < -0.3 is 4.74 Å². The molecular weight excluding hydrogens is 369 g/mol. The summed E-state index contributed by atoms with van der Waals surface area (Å²) >= 11 is 18.0. The van der Waals surface area contributed by atoms with Crippen LogP contribution in [0.1, 0.15) is 0 Å². The van der Waals surface area contributed by atoms with E-state index in [1.807, 2.05) is 0 Å². The Morgan fingerprint density at radius 2 is 1.68 bits per heavy atom. The van der Waals surface area contributed by atoms with Crippen molar-refractivity contribution in [3.8, 4) is 5.75 Å². The zero-order chi connectivity index (χ0) is 15.9. The van der Waals surface area contributed by atoms with E-state index in [4.69, 9.17) is 39.5 Å². The molecule has 0 unspecified atom stereocenters. The van der Waals surface area contributed by atoms with Gasteiger partial charge in [0.1, 0.15) is 17.3 Å². The van der Waals surface area contributed by atoms with Crippen LogP contribution < -0.4 is 9.04 Å². The van der Waals surface area contributed by atoms with Crippen LogP contribution in [0.2, 0.25) is 15.1 Å². The third-order valence-corrected chi connectivity index (χ3v) is 6.15. The van der Waals surface area contributed by atoms with Crippen LogP contribution in [-0.4, -0.2) is 21.6 Å². The quantitative estimate of drug-likeness (QED) is 0.785. The molecule has 0 amide bonds. The van der Waals surface area contributed by atoms with Crippen molar-refractivity contribution in [3.05, 3.63) is 51.5 Å². The summed E-state index contributed by atoms with van der Waals surface area (Å²) < 4.78 is 32.6. The number of ether oxygens (including phenoxy) is 1. The van der Waals surface area contributed by atoms with Crippen LogP contribution in [0.3, 0.4) is 0 Å². The number of anilines is 1. The summed E-state index contributed by atoms with van der Waals surface area (Å²) in [5, 5.41) is 0.249. The third kappa shape index (κ3) is 2.63. The molecule has 0 N–H and O–H groups in total. The Labute approximate surface area is 143 Å². The van der Waals surface area contributed by atoms with Gasteiger partial charge in [0.15, 0.2) is 0 Å². The van der Waals surface area contributed by atoms with E-state index in [0.29, 0.717) is 11.4 Å². The van der Waals surface area contributed by atoms with Gasteiger partial charge in [0.25, 0.3) is 10.0 Å². The second-order valence-corrected chi connectivity index (χ2v) is 7.64. The smallest absolute Gasteiger partial charge is 0.267 e. The molecule has 3 rings (SSSR count). The highest BCUT2D eigenvalue weighted by atomic mass is 35.5. The lowest BCUT2D eigenvalue weighted by atomic mass is 10.2. The lowest BCUT2D eigenvalue weighted by Gasteiger charge is -2.30. The summed E-state index contributed by atoms with van der Waals surface area (Å²) in [5.41, 5.74) is 0.454. The molecule has 1 aliphatic heterocycles. The average molecular weight is 379 g/mol. The van der Waals surface area contributed by atoms with Crippen molar-refractivity contribution in [2.75, 3.05) is 17.5 Å². The van der Waals surface area contributed by atoms with Gasteiger partial charge in [-0.05, 0) is 24.3 Å². The molecule has 0 radical (unpaired) electrons. The first-order chi connectivity index (χ1) is 10.4. The molecule has 4 nitrogen and oxygen atoms in total. The van der Waals surface area contributed by atoms with Gasteiger partial charge in [-0.3, -0.25) is 4.31 Å². The minimum Gasteiger partial charge on any atom is -0.489 e. The van der Waals surface area contributed by atoms with Crippen molar-refractivity contribution in [3.63, 3.8) is 0 Å². The number of nitrogens with zero attached hydrogens (tertiary/aromatic N) is 1. The number of hydrogen-bond acceptors (Lipinski definition) is 3. The molecule has 0 atom stereocenters. The lowest BCUT2D eigenvalue weighted by Crippen LogP contribution is -2.38. The van der Waals surface area contributed by atoms with Gasteiger partial charge >= 0.3 is 0 Å². The molecule has 22 heavy (non-hydrogen) atoms. The van der Waals surface area contributed by atoms with E-state index in [9.17, 15) is 8.42 Å². The monoisotopic (exact) mass is 377 g/mol. The van der Waals surface area contributed by atoms with Crippen molar-refractivity contribution < 1.29 is 13.2 Å². The summed E-state index contributed by atoms with van der Waals surface area (Å²) in [6.07, 6.45) is 0. The lowest BCUT2D eigenvalue weighted by molar-refractivity contribution is 0.316. The van der Waals surface area contributed by atoms with Gasteiger partial charge in [-0.15, -0.1) is 0 Å². The molecular formula is C14H10Cl3NO3S. The zero-order valence-corrected chi connectivity index (χ0v) is 14.2. The minimum absolute atomic E-state index is 0.0125. The van der Waals surface area contributed by atoms with Crippen LogP contribution in [0.4, 0.5) is 5.69 Å². The fourth-order valence-corrected chi connectivity index (χ4v) is 5.24. The van der Waals surface area contributed by atoms with E-state index >= 15 is 0 Å². The predicted molar refractivity (Wildman–Crippen MR) is 87.9 cm³/mol. The van der Waals surface area contributed by atoms with Crippen molar-refractivity contribution in [2.24, 2.45) is 0 Å². The van der Waals surface area contributed by atoms with Gasteiger partial charge in [0.2, 0.25) is 0 Å². The predicted octanol–water partition coefficient (Wildman–Crippen LogP) is 4.23. The van der Waals surface area contributed by atoms with E-state index in [1.165, 1.54) is 16.4 Å². The molecule has 116 valence electrons. The van der Waals surface area contributed by atoms with Gasteiger partial charge in [-0.1, -0.05) is 46.9 Å². The van der Waals surface area contributed by atoms with Crippen molar-refractivity contribution >= 4 is 50.5 Å². The largest absolute Gasteiger partial charge is 0.489 e. The zero-order valence-electron chi connectivity index (χ0n) is 11.1. The first kappa shape index (κ1) is 15.7. The molecule has 0 aliphatic carbocycles. The van der Waals surface area contributed by atoms with E-state index in [0.717, 1.165) is 0 Å². The minimum atomic E-state index is -3.92. The molecule has 0 saturated carbocycles. The number of fused-ring (bicyclic) bond motifs is 1. The van der Waals surface area contributed by atoms with E-state index < -0.39 is 10.0 Å². The Morgan fingerprint density at radius 1 is 1.05 bits per heavy atom. The Morgan fingerprint density at radius 3 is 2.36 bits per heavy atom. The summed E-state index contributed by atoms with van der Waals surface area (Å²) in [4.78, 5) is -0.156. The number of hydrogen-bond donors (Lipinski definition) is 0.